The number of hydrogen-bond acceptors (Lipinski definition) is 3. The number of carbonyl (C=O) groups is 1. The molecule has 0 aromatic heterocycles. The van der Waals surface area contributed by atoms with E-state index in [1.165, 1.54) is 11.1 Å². The molecule has 0 aliphatic heterocycles. The van der Waals surface area contributed by atoms with E-state index in [0.29, 0.717) is 4.90 Å². The number of nitrogens with one attached hydrogen (secondary N) is 1. The molecule has 29 heavy (non-hydrogen) atoms. The van der Waals surface area contributed by atoms with E-state index < -0.39 is 23.4 Å². The van der Waals surface area contributed by atoms with Crippen molar-refractivity contribution in [1.82, 2.24) is 4.72 Å². The largest absolute Gasteiger partial charge is 0.593 e. The van der Waals surface area contributed by atoms with E-state index in [0.717, 1.165) is 23.1 Å². The minimum absolute atomic E-state index is 0.144. The third kappa shape index (κ3) is 5.94. The van der Waals surface area contributed by atoms with Gasteiger partial charge in [-0.2, -0.15) is 0 Å². The lowest BCUT2D eigenvalue weighted by molar-refractivity contribution is -0.137. The van der Waals surface area contributed by atoms with Gasteiger partial charge in [0.15, 0.2) is 4.90 Å². The van der Waals surface area contributed by atoms with Crippen molar-refractivity contribution >= 4 is 17.3 Å². The average molecular weight is 408 g/mol. The molecular formula is C24H25NO3S. The van der Waals surface area contributed by atoms with Crippen LogP contribution in [0.15, 0.2) is 77.7 Å². The number of benzene rings is 3. The van der Waals surface area contributed by atoms with Crippen LogP contribution in [0.4, 0.5) is 0 Å². The Balaban J connectivity index is 1.75. The van der Waals surface area contributed by atoms with Crippen LogP contribution in [0.1, 0.15) is 40.3 Å². The normalized spacial score (nSPS) is 13.1. The lowest BCUT2D eigenvalue weighted by Crippen LogP contribution is -2.30. The molecule has 0 amide bonds. The molecule has 0 aliphatic rings. The Labute approximate surface area is 174 Å². The van der Waals surface area contributed by atoms with Crippen LogP contribution in [0.5, 0.6) is 0 Å². The van der Waals surface area contributed by atoms with Gasteiger partial charge >= 0.3 is 5.97 Å². The van der Waals surface area contributed by atoms with E-state index in [1.807, 2.05) is 55.5 Å². The van der Waals surface area contributed by atoms with Crippen LogP contribution in [-0.4, -0.2) is 15.6 Å². The molecule has 150 valence electrons. The van der Waals surface area contributed by atoms with Gasteiger partial charge in [-0.1, -0.05) is 66.2 Å². The molecule has 2 atom stereocenters. The topological polar surface area (TPSA) is 72.4 Å². The lowest BCUT2D eigenvalue weighted by atomic mass is 9.98. The summed E-state index contributed by atoms with van der Waals surface area (Å²) in [7, 11) is 0. The van der Waals surface area contributed by atoms with Gasteiger partial charge in [0.1, 0.15) is 0 Å². The highest BCUT2D eigenvalue weighted by Gasteiger charge is 2.23. The standard InChI is InChI=1S/C24H25NO3S/c1-17-7-13-22(14-8-17)29(28)25-23(16-24(26)27)20-11-9-19(10-12-20)15-21-6-4-3-5-18(21)2/h3-14,23,25H,15-16H2,1-2H3,(H,26,27)/t23?,29-/m1/s1. The summed E-state index contributed by atoms with van der Waals surface area (Å²) >= 11 is -1.49. The second-order valence-electron chi connectivity index (χ2n) is 7.19. The van der Waals surface area contributed by atoms with E-state index in [9.17, 15) is 14.5 Å². The number of carboxylic acid groups (broad SMARTS) is 1. The van der Waals surface area contributed by atoms with E-state index in [2.05, 4.69) is 23.8 Å². The van der Waals surface area contributed by atoms with Crippen LogP contribution >= 0.6 is 0 Å². The Kier molecular flexibility index (Phi) is 7.09. The molecular weight excluding hydrogens is 382 g/mol. The molecule has 3 rings (SSSR count). The van der Waals surface area contributed by atoms with Crippen molar-refractivity contribution in [1.29, 1.82) is 0 Å². The molecule has 0 saturated carbocycles. The van der Waals surface area contributed by atoms with Gasteiger partial charge in [-0.05, 0) is 54.7 Å². The van der Waals surface area contributed by atoms with E-state index in [1.54, 1.807) is 12.1 Å². The minimum atomic E-state index is -1.49. The number of aryl methyl sites for hydroxylation is 2. The van der Waals surface area contributed by atoms with Crippen molar-refractivity contribution in [2.45, 2.75) is 37.6 Å². The lowest BCUT2D eigenvalue weighted by Gasteiger charge is -2.19. The predicted molar refractivity (Wildman–Crippen MR) is 116 cm³/mol. The van der Waals surface area contributed by atoms with Crippen molar-refractivity contribution < 1.29 is 14.5 Å². The summed E-state index contributed by atoms with van der Waals surface area (Å²) in [5, 5.41) is 9.31. The zero-order chi connectivity index (χ0) is 20.8. The second-order valence-corrected chi connectivity index (χ2v) is 8.44. The Morgan fingerprint density at radius 2 is 1.66 bits per heavy atom. The Morgan fingerprint density at radius 1 is 1.00 bits per heavy atom. The van der Waals surface area contributed by atoms with Gasteiger partial charge in [0, 0.05) is 0 Å². The van der Waals surface area contributed by atoms with Crippen LogP contribution in [0.2, 0.25) is 0 Å². The third-order valence-electron chi connectivity index (χ3n) is 4.90. The third-order valence-corrected chi connectivity index (χ3v) is 6.10. The van der Waals surface area contributed by atoms with E-state index >= 15 is 0 Å². The van der Waals surface area contributed by atoms with Crippen molar-refractivity contribution in [3.63, 3.8) is 0 Å². The summed E-state index contributed by atoms with van der Waals surface area (Å²) in [6.07, 6.45) is 0.675. The highest BCUT2D eigenvalue weighted by atomic mass is 32.2. The fourth-order valence-electron chi connectivity index (χ4n) is 3.16. The van der Waals surface area contributed by atoms with Crippen LogP contribution in [0.25, 0.3) is 0 Å². The van der Waals surface area contributed by atoms with Crippen molar-refractivity contribution in [2.24, 2.45) is 0 Å². The summed E-state index contributed by atoms with van der Waals surface area (Å²) < 4.78 is 15.6. The molecule has 0 radical (unpaired) electrons. The average Bonchev–Trinajstić information content (AvgIpc) is 2.70. The first kappa shape index (κ1) is 21.1. The van der Waals surface area contributed by atoms with Crippen LogP contribution in [-0.2, 0) is 22.6 Å². The first-order valence-corrected chi connectivity index (χ1v) is 10.7. The first-order chi connectivity index (χ1) is 13.9. The molecule has 3 aromatic carbocycles. The molecule has 2 N–H and O–H groups in total. The van der Waals surface area contributed by atoms with E-state index in [4.69, 9.17) is 0 Å². The van der Waals surface area contributed by atoms with Crippen LogP contribution in [0, 0.1) is 13.8 Å². The molecule has 0 heterocycles. The summed E-state index contributed by atoms with van der Waals surface area (Å²) in [6.45, 7) is 4.06. The predicted octanol–water partition coefficient (Wildman–Crippen LogP) is 4.72. The van der Waals surface area contributed by atoms with Gasteiger partial charge in [0.25, 0.3) is 0 Å². The fraction of sp³-hybridized carbons (Fsp3) is 0.208. The smallest absolute Gasteiger partial charge is 0.305 e. The van der Waals surface area contributed by atoms with Gasteiger partial charge in [-0.25, -0.2) is 0 Å². The SMILES string of the molecule is Cc1ccc([S@@+]([O-])NC(CC(=O)O)c2ccc(Cc3ccccc3C)cc2)cc1. The number of carboxylic acids is 1. The first-order valence-electron chi connectivity index (χ1n) is 9.52. The Morgan fingerprint density at radius 3 is 2.28 bits per heavy atom. The summed E-state index contributed by atoms with van der Waals surface area (Å²) in [6, 6.07) is 22.9. The van der Waals surface area contributed by atoms with Crippen LogP contribution < -0.4 is 4.72 Å². The number of hydrogen-bond donors (Lipinski definition) is 2. The molecule has 1 unspecified atom stereocenters. The van der Waals surface area contributed by atoms with Gasteiger partial charge in [0.05, 0.1) is 23.8 Å². The molecule has 0 saturated heterocycles. The molecule has 0 aliphatic carbocycles. The number of rotatable bonds is 8. The van der Waals surface area contributed by atoms with Crippen molar-refractivity contribution in [2.75, 3.05) is 0 Å². The second kappa shape index (κ2) is 9.74. The van der Waals surface area contributed by atoms with Gasteiger partial charge in [0.2, 0.25) is 0 Å². The van der Waals surface area contributed by atoms with Gasteiger partial charge in [-0.3, -0.25) is 4.79 Å². The molecule has 5 heteroatoms. The monoisotopic (exact) mass is 407 g/mol. The van der Waals surface area contributed by atoms with Crippen molar-refractivity contribution in [3.05, 3.63) is 101 Å². The summed E-state index contributed by atoms with van der Waals surface area (Å²) in [5.41, 5.74) is 5.55. The highest BCUT2D eigenvalue weighted by molar-refractivity contribution is 7.89. The van der Waals surface area contributed by atoms with Crippen LogP contribution in [0.3, 0.4) is 0 Å². The minimum Gasteiger partial charge on any atom is -0.593 e. The molecule has 0 bridgehead atoms. The maximum Gasteiger partial charge on any atom is 0.305 e. The Bertz CT molecular complexity index is 955. The molecule has 3 aromatic rings. The molecule has 4 nitrogen and oxygen atoms in total. The quantitative estimate of drug-likeness (QED) is 0.530. The summed E-state index contributed by atoms with van der Waals surface area (Å²) in [4.78, 5) is 12.0. The summed E-state index contributed by atoms with van der Waals surface area (Å²) in [5.74, 6) is -0.938. The maximum absolute atomic E-state index is 12.7. The fourth-order valence-corrected chi connectivity index (χ4v) is 4.15. The van der Waals surface area contributed by atoms with Crippen molar-refractivity contribution in [3.8, 4) is 0 Å². The Hall–Kier alpha value is -2.60. The van der Waals surface area contributed by atoms with E-state index in [-0.39, 0.29) is 6.42 Å². The molecule has 0 fully saturated rings. The zero-order valence-electron chi connectivity index (χ0n) is 16.6. The number of aliphatic carboxylic acids is 1. The maximum atomic E-state index is 12.7. The van der Waals surface area contributed by atoms with Gasteiger partial charge in [-0.15, -0.1) is 4.72 Å². The van der Waals surface area contributed by atoms with Gasteiger partial charge < -0.3 is 9.66 Å². The molecule has 0 spiro atoms. The zero-order valence-corrected chi connectivity index (χ0v) is 17.4. The highest BCUT2D eigenvalue weighted by Crippen LogP contribution is 2.23.